The van der Waals surface area contributed by atoms with Gasteiger partial charge in [-0.25, -0.2) is 9.78 Å². The van der Waals surface area contributed by atoms with Crippen molar-refractivity contribution >= 4 is 34.5 Å². The van der Waals surface area contributed by atoms with Gasteiger partial charge in [-0.3, -0.25) is 4.79 Å². The first-order chi connectivity index (χ1) is 17.4. The molecule has 2 aromatic heterocycles. The standard InChI is InChI=1S/C27H28N4O5/c1-16-13-17(6-10-31-11-7-19(32)8-12-31)4-5-21(16)30-26-23(27(34)35)24(33)22(36-26)14-18-15-29-25-20(18)3-2-9-28-25/h2-5,9,13-15,19,30,32H,6-8,10-12H2,1H3,(H,28,29)(H,34,35). The Kier molecular flexibility index (Phi) is 6.58. The highest BCUT2D eigenvalue weighted by Crippen LogP contribution is 2.30. The number of aryl methyl sites for hydroxylation is 1. The fraction of sp³-hybridized carbons (Fsp3) is 0.296. The molecule has 0 atom stereocenters. The Morgan fingerprint density at radius 1 is 1.31 bits per heavy atom. The van der Waals surface area contributed by atoms with Crippen molar-refractivity contribution in [1.82, 2.24) is 14.9 Å². The summed E-state index contributed by atoms with van der Waals surface area (Å²) in [6.45, 7) is 4.66. The summed E-state index contributed by atoms with van der Waals surface area (Å²) >= 11 is 0. The Balaban J connectivity index is 1.31. The topological polar surface area (TPSA) is 128 Å². The zero-order valence-electron chi connectivity index (χ0n) is 20.0. The fourth-order valence-electron chi connectivity index (χ4n) is 4.62. The number of likely N-dealkylation sites (tertiary alicyclic amines) is 1. The lowest BCUT2D eigenvalue weighted by Crippen LogP contribution is -2.37. The number of anilines is 1. The summed E-state index contributed by atoms with van der Waals surface area (Å²) in [6, 6.07) is 9.55. The van der Waals surface area contributed by atoms with Gasteiger partial charge in [0.15, 0.2) is 11.3 Å². The number of carboxylic acid groups (broad SMARTS) is 1. The highest BCUT2D eigenvalue weighted by molar-refractivity contribution is 6.26. The van der Waals surface area contributed by atoms with Gasteiger partial charge >= 0.3 is 5.97 Å². The average molecular weight is 489 g/mol. The van der Waals surface area contributed by atoms with Crippen LogP contribution in [0.1, 0.15) is 29.5 Å². The molecule has 4 heterocycles. The Bertz CT molecular complexity index is 1380. The van der Waals surface area contributed by atoms with E-state index in [1.807, 2.05) is 25.1 Å². The number of carbonyl (C=O) groups excluding carboxylic acids is 1. The lowest BCUT2D eigenvalue weighted by molar-refractivity contribution is -0.134. The molecule has 186 valence electrons. The SMILES string of the molecule is Cc1cc(CCN2CCC(O)CC2)ccc1NC1=C(C(=O)O)C(=O)C(=Cc2c[nH]c3ncccc23)O1. The van der Waals surface area contributed by atoms with Gasteiger partial charge in [-0.2, -0.15) is 0 Å². The smallest absolute Gasteiger partial charge is 0.345 e. The number of carboxylic acids is 1. The van der Waals surface area contributed by atoms with Crippen LogP contribution in [0, 0.1) is 6.92 Å². The number of Topliss-reactive ketones (excluding diaryl/α,β-unsaturated/α-hetero) is 1. The summed E-state index contributed by atoms with van der Waals surface area (Å²) in [5.74, 6) is -2.21. The molecule has 3 aromatic rings. The number of nitrogens with one attached hydrogen (secondary N) is 2. The molecule has 9 heteroatoms. The van der Waals surface area contributed by atoms with Gasteiger partial charge in [-0.1, -0.05) is 12.1 Å². The maximum atomic E-state index is 12.9. The molecule has 4 N–H and O–H groups in total. The van der Waals surface area contributed by atoms with Crippen molar-refractivity contribution in [2.75, 3.05) is 25.0 Å². The van der Waals surface area contributed by atoms with Crippen LogP contribution in [-0.4, -0.2) is 62.6 Å². The molecule has 5 rings (SSSR count). The van der Waals surface area contributed by atoms with Gasteiger partial charge in [0.05, 0.1) is 6.10 Å². The zero-order valence-corrected chi connectivity index (χ0v) is 20.0. The van der Waals surface area contributed by atoms with Crippen LogP contribution in [0.4, 0.5) is 5.69 Å². The molecule has 36 heavy (non-hydrogen) atoms. The first-order valence-corrected chi connectivity index (χ1v) is 12.0. The number of aromatic amines is 1. The van der Waals surface area contributed by atoms with E-state index >= 15 is 0 Å². The minimum atomic E-state index is -1.35. The van der Waals surface area contributed by atoms with E-state index in [9.17, 15) is 19.8 Å². The molecule has 0 amide bonds. The second kappa shape index (κ2) is 9.96. The Labute approximate surface area is 208 Å². The molecular weight excluding hydrogens is 460 g/mol. The first-order valence-electron chi connectivity index (χ1n) is 12.0. The van der Waals surface area contributed by atoms with E-state index in [4.69, 9.17) is 4.74 Å². The van der Waals surface area contributed by atoms with E-state index in [1.54, 1.807) is 18.5 Å². The number of ketones is 1. The van der Waals surface area contributed by atoms with Crippen LogP contribution in [0.3, 0.4) is 0 Å². The maximum Gasteiger partial charge on any atom is 0.345 e. The molecule has 0 bridgehead atoms. The molecule has 0 saturated carbocycles. The molecule has 1 fully saturated rings. The van der Waals surface area contributed by atoms with Crippen molar-refractivity contribution < 1.29 is 24.5 Å². The Morgan fingerprint density at radius 3 is 2.86 bits per heavy atom. The van der Waals surface area contributed by atoms with Crippen molar-refractivity contribution in [2.24, 2.45) is 0 Å². The van der Waals surface area contributed by atoms with Crippen molar-refractivity contribution in [3.8, 4) is 0 Å². The van der Waals surface area contributed by atoms with E-state index in [2.05, 4.69) is 26.3 Å². The second-order valence-electron chi connectivity index (χ2n) is 9.19. The van der Waals surface area contributed by atoms with E-state index < -0.39 is 17.3 Å². The van der Waals surface area contributed by atoms with Crippen LogP contribution in [0.2, 0.25) is 0 Å². The van der Waals surface area contributed by atoms with Crippen molar-refractivity contribution in [3.63, 3.8) is 0 Å². The molecule has 0 aliphatic carbocycles. The van der Waals surface area contributed by atoms with Crippen molar-refractivity contribution in [3.05, 3.63) is 76.6 Å². The fourth-order valence-corrected chi connectivity index (χ4v) is 4.62. The number of rotatable bonds is 7. The number of hydrogen-bond donors (Lipinski definition) is 4. The van der Waals surface area contributed by atoms with E-state index in [1.165, 1.54) is 6.08 Å². The quantitative estimate of drug-likeness (QED) is 0.295. The summed E-state index contributed by atoms with van der Waals surface area (Å²) in [5, 5.41) is 23.2. The summed E-state index contributed by atoms with van der Waals surface area (Å²) < 4.78 is 5.73. The number of H-pyrrole nitrogens is 1. The van der Waals surface area contributed by atoms with Crippen LogP contribution in [0.15, 0.2) is 59.9 Å². The van der Waals surface area contributed by atoms with Gasteiger partial charge in [0.2, 0.25) is 11.7 Å². The highest BCUT2D eigenvalue weighted by atomic mass is 16.5. The number of benzene rings is 1. The lowest BCUT2D eigenvalue weighted by atomic mass is 10.0. The number of hydrogen-bond acceptors (Lipinski definition) is 7. The average Bonchev–Trinajstić information content (AvgIpc) is 3.41. The van der Waals surface area contributed by atoms with Gasteiger partial charge < -0.3 is 30.2 Å². The van der Waals surface area contributed by atoms with Gasteiger partial charge in [0.1, 0.15) is 5.65 Å². The number of aliphatic hydroxyl groups excluding tert-OH is 1. The van der Waals surface area contributed by atoms with Crippen LogP contribution < -0.4 is 5.32 Å². The third-order valence-electron chi connectivity index (χ3n) is 6.69. The van der Waals surface area contributed by atoms with Crippen molar-refractivity contribution in [1.29, 1.82) is 0 Å². The van der Waals surface area contributed by atoms with Gasteiger partial charge in [-0.15, -0.1) is 0 Å². The minimum absolute atomic E-state index is 0.0689. The number of aliphatic hydroxyl groups is 1. The highest BCUT2D eigenvalue weighted by Gasteiger charge is 2.36. The normalized spacial score (nSPS) is 18.3. The third kappa shape index (κ3) is 4.89. The van der Waals surface area contributed by atoms with Gasteiger partial charge in [0.25, 0.3) is 0 Å². The van der Waals surface area contributed by atoms with E-state index in [0.29, 0.717) is 16.9 Å². The zero-order chi connectivity index (χ0) is 25.2. The summed E-state index contributed by atoms with van der Waals surface area (Å²) in [6.07, 6.45) is 7.20. The number of aromatic nitrogens is 2. The Morgan fingerprint density at radius 2 is 2.11 bits per heavy atom. The third-order valence-corrected chi connectivity index (χ3v) is 6.69. The molecule has 0 unspecified atom stereocenters. The predicted octanol–water partition coefficient (Wildman–Crippen LogP) is 3.22. The molecule has 1 aromatic carbocycles. The number of carbonyl (C=O) groups is 2. The van der Waals surface area contributed by atoms with Crippen LogP contribution in [0.25, 0.3) is 17.1 Å². The van der Waals surface area contributed by atoms with Crippen LogP contribution >= 0.6 is 0 Å². The second-order valence-corrected chi connectivity index (χ2v) is 9.19. The largest absolute Gasteiger partial charge is 0.477 e. The van der Waals surface area contributed by atoms with Crippen molar-refractivity contribution in [2.45, 2.75) is 32.3 Å². The molecule has 0 spiro atoms. The summed E-state index contributed by atoms with van der Waals surface area (Å²) in [7, 11) is 0. The number of allylic oxidation sites excluding steroid dienone is 1. The minimum Gasteiger partial charge on any atom is -0.477 e. The molecule has 0 radical (unpaired) electrons. The van der Waals surface area contributed by atoms with E-state index in [-0.39, 0.29) is 17.7 Å². The summed E-state index contributed by atoms with van der Waals surface area (Å²) in [5.41, 5.74) is 3.64. The van der Waals surface area contributed by atoms with E-state index in [0.717, 1.165) is 55.4 Å². The number of piperidine rings is 1. The molecule has 1 saturated heterocycles. The number of nitrogens with zero attached hydrogens (tertiary/aromatic N) is 2. The summed E-state index contributed by atoms with van der Waals surface area (Å²) in [4.78, 5) is 34.4. The maximum absolute atomic E-state index is 12.9. The first kappa shape index (κ1) is 23.8. The molecule has 2 aliphatic rings. The van der Waals surface area contributed by atoms with Gasteiger partial charge in [-0.05, 0) is 61.6 Å². The van der Waals surface area contributed by atoms with Crippen LogP contribution in [0.5, 0.6) is 0 Å². The number of fused-ring (bicyclic) bond motifs is 1. The molecule has 2 aliphatic heterocycles. The van der Waals surface area contributed by atoms with Gasteiger partial charge in [0, 0.05) is 48.7 Å². The van der Waals surface area contributed by atoms with Crippen LogP contribution in [-0.2, 0) is 20.7 Å². The number of pyridine rings is 1. The Hall–Kier alpha value is -3.95. The molecular formula is C27H28N4O5. The monoisotopic (exact) mass is 488 g/mol. The predicted molar refractivity (Wildman–Crippen MR) is 135 cm³/mol. The lowest BCUT2D eigenvalue weighted by Gasteiger charge is -2.29. The number of aliphatic carboxylic acids is 1. The number of ether oxygens (including phenoxy) is 1. The molecule has 9 nitrogen and oxygen atoms in total.